The van der Waals surface area contributed by atoms with Crippen LogP contribution in [0.3, 0.4) is 0 Å². The Morgan fingerprint density at radius 1 is 0.938 bits per heavy atom. The predicted molar refractivity (Wildman–Crippen MR) is 127 cm³/mol. The second-order valence-corrected chi connectivity index (χ2v) is 7.71. The molecule has 5 rings (SSSR count). The average molecular weight is 420 g/mol. The maximum atomic E-state index is 13.3. The number of anilines is 1. The van der Waals surface area contributed by atoms with E-state index in [9.17, 15) is 9.59 Å². The largest absolute Gasteiger partial charge is 0.322 e. The molecule has 5 aromatic rings. The molecule has 0 aliphatic heterocycles. The Hall–Kier alpha value is -4.32. The normalized spacial score (nSPS) is 11.1. The number of hydrogen-bond acceptors (Lipinski definition) is 4. The predicted octanol–water partition coefficient (Wildman–Crippen LogP) is 4.71. The summed E-state index contributed by atoms with van der Waals surface area (Å²) in [4.78, 5) is 34.6. The highest BCUT2D eigenvalue weighted by molar-refractivity contribution is 6.13. The van der Waals surface area contributed by atoms with Crippen LogP contribution in [0.25, 0.3) is 33.2 Å². The number of fused-ring (bicyclic) bond motifs is 2. The second-order valence-electron chi connectivity index (χ2n) is 7.71. The fourth-order valence-corrected chi connectivity index (χ4v) is 3.93. The van der Waals surface area contributed by atoms with Crippen LogP contribution in [0.5, 0.6) is 0 Å². The number of para-hydroxylation sites is 1. The van der Waals surface area contributed by atoms with Crippen LogP contribution in [0.2, 0.25) is 0 Å². The molecule has 3 aromatic heterocycles. The van der Waals surface area contributed by atoms with Gasteiger partial charge in [-0.15, -0.1) is 0 Å². The fourth-order valence-electron chi connectivity index (χ4n) is 3.93. The van der Waals surface area contributed by atoms with Crippen LogP contribution in [0, 0.1) is 6.92 Å². The molecule has 0 unspecified atom stereocenters. The van der Waals surface area contributed by atoms with E-state index >= 15 is 0 Å². The van der Waals surface area contributed by atoms with Crippen LogP contribution < -0.4 is 10.9 Å². The van der Waals surface area contributed by atoms with Crippen molar-refractivity contribution in [2.24, 2.45) is 7.05 Å². The van der Waals surface area contributed by atoms with Gasteiger partial charge in [0.1, 0.15) is 0 Å². The zero-order valence-electron chi connectivity index (χ0n) is 17.7. The molecule has 3 heterocycles. The third-order valence-corrected chi connectivity index (χ3v) is 5.55. The average Bonchev–Trinajstić information content (AvgIpc) is 2.82. The lowest BCUT2D eigenvalue weighted by molar-refractivity contribution is 0.102. The van der Waals surface area contributed by atoms with Crippen LogP contribution in [0.1, 0.15) is 15.9 Å². The third kappa shape index (κ3) is 3.41. The number of aryl methyl sites for hydroxylation is 2. The number of benzene rings is 2. The lowest BCUT2D eigenvalue weighted by Crippen LogP contribution is -2.19. The van der Waals surface area contributed by atoms with Gasteiger partial charge >= 0.3 is 0 Å². The number of rotatable bonds is 3. The quantitative estimate of drug-likeness (QED) is 0.459. The summed E-state index contributed by atoms with van der Waals surface area (Å²) in [5.41, 5.74) is 4.68. The molecular weight excluding hydrogens is 400 g/mol. The summed E-state index contributed by atoms with van der Waals surface area (Å²) in [5.74, 6) is -0.235. The van der Waals surface area contributed by atoms with E-state index in [4.69, 9.17) is 0 Å². The van der Waals surface area contributed by atoms with Crippen molar-refractivity contribution >= 4 is 33.4 Å². The van der Waals surface area contributed by atoms with Gasteiger partial charge in [-0.25, -0.2) is 4.98 Å². The first-order valence-corrected chi connectivity index (χ1v) is 10.2. The molecule has 0 saturated carbocycles. The first-order valence-electron chi connectivity index (χ1n) is 10.2. The van der Waals surface area contributed by atoms with Gasteiger partial charge in [-0.2, -0.15) is 0 Å². The highest BCUT2D eigenvalue weighted by Gasteiger charge is 2.15. The van der Waals surface area contributed by atoms with Crippen molar-refractivity contribution in [3.63, 3.8) is 0 Å². The maximum absolute atomic E-state index is 13.3. The molecule has 1 amide bonds. The summed E-state index contributed by atoms with van der Waals surface area (Å²) >= 11 is 0. The Kier molecular flexibility index (Phi) is 4.75. The molecule has 6 heteroatoms. The van der Waals surface area contributed by atoms with Crippen LogP contribution in [-0.2, 0) is 7.05 Å². The van der Waals surface area contributed by atoms with Gasteiger partial charge in [-0.3, -0.25) is 14.6 Å². The van der Waals surface area contributed by atoms with E-state index in [1.807, 2.05) is 60.7 Å². The number of nitrogens with zero attached hydrogens (tertiary/aromatic N) is 3. The summed E-state index contributed by atoms with van der Waals surface area (Å²) in [7, 11) is 1.75. The van der Waals surface area contributed by atoms with E-state index in [0.29, 0.717) is 28.2 Å². The molecule has 156 valence electrons. The minimum absolute atomic E-state index is 0.0282. The fraction of sp³-hybridized carbons (Fsp3) is 0.0769. The van der Waals surface area contributed by atoms with E-state index in [2.05, 4.69) is 15.3 Å². The summed E-state index contributed by atoms with van der Waals surface area (Å²) in [6.45, 7) is 1.79. The Morgan fingerprint density at radius 3 is 2.56 bits per heavy atom. The number of carbonyl (C=O) groups is 1. The zero-order valence-corrected chi connectivity index (χ0v) is 17.7. The van der Waals surface area contributed by atoms with E-state index < -0.39 is 0 Å². The minimum Gasteiger partial charge on any atom is -0.322 e. The summed E-state index contributed by atoms with van der Waals surface area (Å²) in [6.07, 6.45) is 1.70. The minimum atomic E-state index is -0.235. The zero-order chi connectivity index (χ0) is 22.2. The number of hydrogen-bond donors (Lipinski definition) is 1. The Bertz CT molecular complexity index is 1560. The monoisotopic (exact) mass is 420 g/mol. The van der Waals surface area contributed by atoms with E-state index in [1.54, 1.807) is 36.9 Å². The van der Waals surface area contributed by atoms with Gasteiger partial charge in [0.15, 0.2) is 0 Å². The molecule has 1 N–H and O–H groups in total. The molecular formula is C26H20N4O2. The van der Waals surface area contributed by atoms with Gasteiger partial charge in [0.2, 0.25) is 0 Å². The van der Waals surface area contributed by atoms with Gasteiger partial charge in [-0.05, 0) is 55.5 Å². The first kappa shape index (κ1) is 19.6. The van der Waals surface area contributed by atoms with E-state index in [1.165, 1.54) is 0 Å². The van der Waals surface area contributed by atoms with Crippen molar-refractivity contribution in [1.29, 1.82) is 0 Å². The van der Waals surface area contributed by atoms with E-state index in [-0.39, 0.29) is 11.5 Å². The molecule has 0 aliphatic rings. The van der Waals surface area contributed by atoms with Gasteiger partial charge in [-0.1, -0.05) is 24.3 Å². The first-order chi connectivity index (χ1) is 15.5. The molecule has 0 bridgehead atoms. The summed E-state index contributed by atoms with van der Waals surface area (Å²) < 4.78 is 1.62. The molecule has 2 aromatic carbocycles. The summed E-state index contributed by atoms with van der Waals surface area (Å²) in [6, 6.07) is 22.3. The van der Waals surface area contributed by atoms with Crippen LogP contribution in [0.15, 0.2) is 83.8 Å². The van der Waals surface area contributed by atoms with Gasteiger partial charge in [0.25, 0.3) is 11.5 Å². The van der Waals surface area contributed by atoms with E-state index in [0.717, 1.165) is 21.8 Å². The number of carbonyl (C=O) groups excluding carboxylic acids is 1. The molecule has 0 radical (unpaired) electrons. The molecule has 6 nitrogen and oxygen atoms in total. The molecule has 0 aliphatic carbocycles. The van der Waals surface area contributed by atoms with Crippen molar-refractivity contribution in [2.45, 2.75) is 6.92 Å². The Morgan fingerprint density at radius 2 is 1.75 bits per heavy atom. The topological polar surface area (TPSA) is 76.9 Å². The van der Waals surface area contributed by atoms with Crippen molar-refractivity contribution in [3.05, 3.63) is 100 Å². The standard InChI is InChI=1S/C26H20N4O2/c1-16-13-17-14-18(10-11-24(17)30(2)26(16)32)28-25(31)20-15-23(22-9-5-6-12-27-22)29-21-8-4-3-7-19(20)21/h3-15H,1-2H3,(H,28,31). The van der Waals surface area contributed by atoms with Crippen molar-refractivity contribution < 1.29 is 4.79 Å². The number of pyridine rings is 3. The van der Waals surface area contributed by atoms with Crippen molar-refractivity contribution in [3.8, 4) is 11.4 Å². The molecule has 0 saturated heterocycles. The second kappa shape index (κ2) is 7.74. The lowest BCUT2D eigenvalue weighted by atomic mass is 10.1. The van der Waals surface area contributed by atoms with Crippen LogP contribution >= 0.6 is 0 Å². The van der Waals surface area contributed by atoms with Crippen LogP contribution in [0.4, 0.5) is 5.69 Å². The molecule has 32 heavy (non-hydrogen) atoms. The van der Waals surface area contributed by atoms with Gasteiger partial charge in [0.05, 0.1) is 28.0 Å². The van der Waals surface area contributed by atoms with Gasteiger partial charge < -0.3 is 9.88 Å². The summed E-state index contributed by atoms with van der Waals surface area (Å²) in [5, 5.41) is 4.65. The maximum Gasteiger partial charge on any atom is 0.256 e. The molecule has 0 fully saturated rings. The highest BCUT2D eigenvalue weighted by Crippen LogP contribution is 2.25. The molecule has 0 spiro atoms. The number of aromatic nitrogens is 3. The van der Waals surface area contributed by atoms with Crippen molar-refractivity contribution in [2.75, 3.05) is 5.32 Å². The highest BCUT2D eigenvalue weighted by atomic mass is 16.1. The van der Waals surface area contributed by atoms with Crippen LogP contribution in [-0.4, -0.2) is 20.4 Å². The van der Waals surface area contributed by atoms with Crippen molar-refractivity contribution in [1.82, 2.24) is 14.5 Å². The Balaban J connectivity index is 1.58. The Labute approximate surface area is 184 Å². The number of amides is 1. The van der Waals surface area contributed by atoms with Gasteiger partial charge in [0, 0.05) is 35.3 Å². The molecule has 0 atom stereocenters. The lowest BCUT2D eigenvalue weighted by Gasteiger charge is -2.12. The smallest absolute Gasteiger partial charge is 0.256 e. The SMILES string of the molecule is Cc1cc2cc(NC(=O)c3cc(-c4ccccn4)nc4ccccc34)ccc2n(C)c1=O. The number of nitrogens with one attached hydrogen (secondary N) is 1. The third-order valence-electron chi connectivity index (χ3n) is 5.55.